The number of nitrogens with one attached hydrogen (secondary N) is 1. The molecule has 5 nitrogen and oxygen atoms in total. The van der Waals surface area contributed by atoms with E-state index in [0.29, 0.717) is 18.5 Å². The van der Waals surface area contributed by atoms with Crippen LogP contribution in [-0.2, 0) is 0 Å². The first-order valence-electron chi connectivity index (χ1n) is 7.19. The molecule has 19 heavy (non-hydrogen) atoms. The molecule has 1 fully saturated rings. The minimum absolute atomic E-state index is 0.545. The maximum atomic E-state index is 5.57. The molecular formula is C14H24N4O. The topological polar surface area (TPSA) is 50.3 Å². The zero-order valence-electron chi connectivity index (χ0n) is 11.9. The molecule has 1 aromatic heterocycles. The molecule has 1 saturated heterocycles. The Morgan fingerprint density at radius 2 is 2.26 bits per heavy atom. The number of hydrogen-bond acceptors (Lipinski definition) is 5. The van der Waals surface area contributed by atoms with E-state index in [4.69, 9.17) is 4.74 Å². The Morgan fingerprint density at radius 3 is 3.11 bits per heavy atom. The van der Waals surface area contributed by atoms with Gasteiger partial charge in [-0.3, -0.25) is 0 Å². The maximum absolute atomic E-state index is 5.57. The van der Waals surface area contributed by atoms with Crippen molar-refractivity contribution in [3.8, 4) is 5.88 Å². The number of ether oxygens (including phenoxy) is 1. The Kier molecular flexibility index (Phi) is 5.39. The molecule has 0 bridgehead atoms. The largest absolute Gasteiger partial charge is 0.478 e. The molecule has 0 aromatic carbocycles. The molecule has 0 radical (unpaired) electrons. The van der Waals surface area contributed by atoms with Crippen molar-refractivity contribution < 1.29 is 4.74 Å². The molecule has 2 rings (SSSR count). The summed E-state index contributed by atoms with van der Waals surface area (Å²) in [6.45, 7) is 5.00. The molecule has 2 heterocycles. The van der Waals surface area contributed by atoms with E-state index in [9.17, 15) is 0 Å². The van der Waals surface area contributed by atoms with Gasteiger partial charge in [0.1, 0.15) is 12.1 Å². The van der Waals surface area contributed by atoms with Gasteiger partial charge in [-0.2, -0.15) is 0 Å². The summed E-state index contributed by atoms with van der Waals surface area (Å²) in [4.78, 5) is 10.8. The highest BCUT2D eigenvalue weighted by molar-refractivity contribution is 5.41. The molecule has 1 aliphatic heterocycles. The lowest BCUT2D eigenvalue weighted by Gasteiger charge is -2.28. The summed E-state index contributed by atoms with van der Waals surface area (Å²) >= 11 is 0. The smallest absolute Gasteiger partial charge is 0.218 e. The lowest BCUT2D eigenvalue weighted by atomic mass is 10.1. The summed E-state index contributed by atoms with van der Waals surface area (Å²) < 4.78 is 5.57. The van der Waals surface area contributed by atoms with Crippen LogP contribution >= 0.6 is 0 Å². The Bertz CT molecular complexity index is 377. The fourth-order valence-electron chi connectivity index (χ4n) is 2.38. The van der Waals surface area contributed by atoms with Crippen molar-refractivity contribution in [2.24, 2.45) is 0 Å². The molecule has 106 valence electrons. The van der Waals surface area contributed by atoms with E-state index in [1.54, 1.807) is 6.33 Å². The first kappa shape index (κ1) is 14.1. The summed E-state index contributed by atoms with van der Waals surface area (Å²) in [5.74, 6) is 1.62. The van der Waals surface area contributed by atoms with Crippen molar-refractivity contribution in [1.82, 2.24) is 15.3 Å². The first-order chi connectivity index (χ1) is 9.31. The van der Waals surface area contributed by atoms with Crippen LogP contribution in [-0.4, -0.2) is 42.8 Å². The van der Waals surface area contributed by atoms with Crippen LogP contribution < -0.4 is 15.0 Å². The summed E-state index contributed by atoms with van der Waals surface area (Å²) in [6, 6.07) is 2.48. The Morgan fingerprint density at radius 1 is 1.37 bits per heavy atom. The molecule has 0 spiro atoms. The van der Waals surface area contributed by atoms with Crippen molar-refractivity contribution in [1.29, 1.82) is 0 Å². The standard InChI is InChI=1S/C14H24N4O/c1-3-9-19-14-10-13(16-11-17-14)18(2)12-5-4-7-15-8-6-12/h10-12,15H,3-9H2,1-2H3. The van der Waals surface area contributed by atoms with Gasteiger partial charge in [0.2, 0.25) is 5.88 Å². The number of nitrogens with zero attached hydrogens (tertiary/aromatic N) is 3. The van der Waals surface area contributed by atoms with E-state index in [-0.39, 0.29) is 0 Å². The highest BCUT2D eigenvalue weighted by Gasteiger charge is 2.18. The Balaban J connectivity index is 2.02. The predicted octanol–water partition coefficient (Wildman–Crippen LogP) is 1.84. The fourth-order valence-corrected chi connectivity index (χ4v) is 2.38. The average Bonchev–Trinajstić information content (AvgIpc) is 2.73. The third-order valence-corrected chi connectivity index (χ3v) is 3.54. The van der Waals surface area contributed by atoms with Gasteiger partial charge in [-0.05, 0) is 38.8 Å². The monoisotopic (exact) mass is 264 g/mol. The van der Waals surface area contributed by atoms with Crippen molar-refractivity contribution in [3.63, 3.8) is 0 Å². The van der Waals surface area contributed by atoms with Crippen LogP contribution in [0.15, 0.2) is 12.4 Å². The van der Waals surface area contributed by atoms with E-state index < -0.39 is 0 Å². The van der Waals surface area contributed by atoms with Crippen LogP contribution in [0.3, 0.4) is 0 Å². The van der Waals surface area contributed by atoms with Gasteiger partial charge in [0.15, 0.2) is 0 Å². The lowest BCUT2D eigenvalue weighted by Crippen LogP contribution is -2.33. The van der Waals surface area contributed by atoms with Crippen LogP contribution in [0.1, 0.15) is 32.6 Å². The van der Waals surface area contributed by atoms with E-state index in [1.807, 2.05) is 6.07 Å². The second-order valence-corrected chi connectivity index (χ2v) is 5.01. The van der Waals surface area contributed by atoms with Gasteiger partial charge in [-0.15, -0.1) is 0 Å². The molecule has 1 aromatic rings. The number of aromatic nitrogens is 2. The minimum Gasteiger partial charge on any atom is -0.478 e. The molecule has 0 aliphatic carbocycles. The molecule has 0 amide bonds. The number of rotatable bonds is 5. The summed E-state index contributed by atoms with van der Waals surface area (Å²) in [7, 11) is 2.11. The third-order valence-electron chi connectivity index (χ3n) is 3.54. The van der Waals surface area contributed by atoms with Gasteiger partial charge in [-0.1, -0.05) is 6.92 Å². The van der Waals surface area contributed by atoms with Crippen LogP contribution in [0.4, 0.5) is 5.82 Å². The van der Waals surface area contributed by atoms with Crippen molar-refractivity contribution in [3.05, 3.63) is 12.4 Å². The Labute approximate surface area is 115 Å². The lowest BCUT2D eigenvalue weighted by molar-refractivity contribution is 0.304. The van der Waals surface area contributed by atoms with Gasteiger partial charge in [0.05, 0.1) is 6.61 Å². The quantitative estimate of drug-likeness (QED) is 0.879. The first-order valence-corrected chi connectivity index (χ1v) is 7.19. The number of hydrogen-bond donors (Lipinski definition) is 1. The molecule has 5 heteroatoms. The van der Waals surface area contributed by atoms with Crippen LogP contribution in [0.25, 0.3) is 0 Å². The van der Waals surface area contributed by atoms with E-state index >= 15 is 0 Å². The minimum atomic E-state index is 0.545. The SMILES string of the molecule is CCCOc1cc(N(C)C2CCCNCC2)ncn1. The summed E-state index contributed by atoms with van der Waals surface area (Å²) in [5.41, 5.74) is 0. The predicted molar refractivity (Wildman–Crippen MR) is 76.7 cm³/mol. The average molecular weight is 264 g/mol. The van der Waals surface area contributed by atoms with Crippen LogP contribution in [0, 0.1) is 0 Å². The summed E-state index contributed by atoms with van der Waals surface area (Å²) in [6.07, 6.45) is 6.17. The molecule has 1 aliphatic rings. The van der Waals surface area contributed by atoms with Crippen molar-refractivity contribution in [2.45, 2.75) is 38.6 Å². The maximum Gasteiger partial charge on any atom is 0.218 e. The van der Waals surface area contributed by atoms with Gasteiger partial charge >= 0.3 is 0 Å². The fraction of sp³-hybridized carbons (Fsp3) is 0.714. The molecule has 0 saturated carbocycles. The number of anilines is 1. The zero-order chi connectivity index (χ0) is 13.5. The normalized spacial score (nSPS) is 19.8. The van der Waals surface area contributed by atoms with E-state index in [2.05, 4.69) is 34.2 Å². The van der Waals surface area contributed by atoms with Crippen molar-refractivity contribution >= 4 is 5.82 Å². The molecule has 1 N–H and O–H groups in total. The highest BCUT2D eigenvalue weighted by Crippen LogP contribution is 2.21. The van der Waals surface area contributed by atoms with Gasteiger partial charge in [0, 0.05) is 19.2 Å². The van der Waals surface area contributed by atoms with Gasteiger partial charge < -0.3 is 15.0 Å². The van der Waals surface area contributed by atoms with Crippen LogP contribution in [0.2, 0.25) is 0 Å². The van der Waals surface area contributed by atoms with E-state index in [0.717, 1.165) is 31.7 Å². The Hall–Kier alpha value is -1.36. The highest BCUT2D eigenvalue weighted by atomic mass is 16.5. The molecule has 1 unspecified atom stereocenters. The van der Waals surface area contributed by atoms with Crippen molar-refractivity contribution in [2.75, 3.05) is 31.6 Å². The molecule has 1 atom stereocenters. The van der Waals surface area contributed by atoms with E-state index in [1.165, 1.54) is 12.8 Å². The van der Waals surface area contributed by atoms with Gasteiger partial charge in [0.25, 0.3) is 0 Å². The summed E-state index contributed by atoms with van der Waals surface area (Å²) in [5, 5.41) is 3.44. The van der Waals surface area contributed by atoms with Gasteiger partial charge in [-0.25, -0.2) is 9.97 Å². The second-order valence-electron chi connectivity index (χ2n) is 5.01. The molecular weight excluding hydrogens is 240 g/mol. The van der Waals surface area contributed by atoms with Crippen LogP contribution in [0.5, 0.6) is 5.88 Å². The second kappa shape index (κ2) is 7.28. The zero-order valence-corrected chi connectivity index (χ0v) is 11.9. The third kappa shape index (κ3) is 4.06.